The molecule has 0 N–H and O–H groups in total. The van der Waals surface area contributed by atoms with Crippen molar-refractivity contribution in [2.24, 2.45) is 0 Å². The van der Waals surface area contributed by atoms with Crippen molar-refractivity contribution in [1.29, 1.82) is 0 Å². The zero-order chi connectivity index (χ0) is 12.1. The standard InChI is InChI=1S/C7H5ClOS.C6H5.Hg/c8-6-3-1-5(2-4-6)7(9)10;1-2-4-6-5-3-1;/h1-4H,(H,9,10);1-5H;/q;;+1/p-1. The van der Waals surface area contributed by atoms with Crippen molar-refractivity contribution < 1.29 is 27.9 Å². The molecule has 0 aliphatic carbocycles. The van der Waals surface area contributed by atoms with Gasteiger partial charge in [-0.05, 0) is 0 Å². The van der Waals surface area contributed by atoms with E-state index in [4.69, 9.17) is 11.6 Å². The van der Waals surface area contributed by atoms with Crippen LogP contribution >= 0.6 is 19.8 Å². The van der Waals surface area contributed by atoms with Gasteiger partial charge in [-0.3, -0.25) is 0 Å². The number of carbonyl (C=O) groups excluding carboxylic acids is 1. The molecule has 0 atom stereocenters. The number of halogens is 1. The van der Waals surface area contributed by atoms with E-state index in [9.17, 15) is 4.79 Å². The molecule has 0 radical (unpaired) electrons. The van der Waals surface area contributed by atoms with Crippen LogP contribution in [-0.2, 0) is 23.1 Å². The molecule has 0 saturated heterocycles. The zero-order valence-electron chi connectivity index (χ0n) is 9.10. The molecular weight excluding hydrogens is 440 g/mol. The van der Waals surface area contributed by atoms with Crippen molar-refractivity contribution in [3.05, 3.63) is 65.2 Å². The minimum atomic E-state index is -1.34. The van der Waals surface area contributed by atoms with Gasteiger partial charge in [0.05, 0.1) is 0 Å². The molecule has 0 aliphatic rings. The second kappa shape index (κ2) is 6.57. The maximum absolute atomic E-state index is 11.9. The summed E-state index contributed by atoms with van der Waals surface area (Å²) in [5, 5.41) is 0.839. The van der Waals surface area contributed by atoms with E-state index in [1.54, 1.807) is 24.3 Å². The summed E-state index contributed by atoms with van der Waals surface area (Å²) in [7, 11) is 1.53. The van der Waals surface area contributed by atoms with Crippen LogP contribution < -0.4 is 3.07 Å². The summed E-state index contributed by atoms with van der Waals surface area (Å²) in [6, 6.07) is 17.4. The van der Waals surface area contributed by atoms with Gasteiger partial charge in [0.15, 0.2) is 0 Å². The Labute approximate surface area is 120 Å². The fourth-order valence-corrected chi connectivity index (χ4v) is 11.0. The van der Waals surface area contributed by atoms with Gasteiger partial charge >= 0.3 is 121 Å². The minimum absolute atomic E-state index is 0.173. The second-order valence-electron chi connectivity index (χ2n) is 3.57. The topological polar surface area (TPSA) is 17.1 Å². The van der Waals surface area contributed by atoms with Crippen LogP contribution in [0.5, 0.6) is 0 Å². The number of benzene rings is 2. The molecule has 0 aliphatic heterocycles. The van der Waals surface area contributed by atoms with Gasteiger partial charge in [0, 0.05) is 0 Å². The first-order valence-corrected chi connectivity index (χ1v) is 16.1. The summed E-state index contributed by atoms with van der Waals surface area (Å²) in [6.45, 7) is 0. The summed E-state index contributed by atoms with van der Waals surface area (Å²) in [4.78, 5) is 11.9. The molecule has 0 bridgehead atoms. The van der Waals surface area contributed by atoms with Gasteiger partial charge in [-0.25, -0.2) is 0 Å². The third-order valence-electron chi connectivity index (χ3n) is 2.29. The van der Waals surface area contributed by atoms with Gasteiger partial charge in [0.2, 0.25) is 0 Å². The van der Waals surface area contributed by atoms with Crippen LogP contribution in [-0.4, -0.2) is 5.12 Å². The van der Waals surface area contributed by atoms with Crippen molar-refractivity contribution in [3.63, 3.8) is 0 Å². The van der Waals surface area contributed by atoms with Gasteiger partial charge in [0.1, 0.15) is 0 Å². The number of rotatable bonds is 3. The van der Waals surface area contributed by atoms with E-state index >= 15 is 0 Å². The van der Waals surface area contributed by atoms with E-state index in [1.807, 2.05) is 18.2 Å². The molecule has 0 heterocycles. The Bertz CT molecular complexity index is 499. The molecular formula is C13H9ClHgOS. The first kappa shape index (κ1) is 13.1. The quantitative estimate of drug-likeness (QED) is 0.668. The number of carbonyl (C=O) groups is 1. The molecule has 4 heteroatoms. The fraction of sp³-hybridized carbons (Fsp3) is 0. The molecule has 0 saturated carbocycles. The Hall–Kier alpha value is -0.315. The van der Waals surface area contributed by atoms with E-state index in [0.717, 1.165) is 5.56 Å². The van der Waals surface area contributed by atoms with E-state index in [-0.39, 0.29) is 5.12 Å². The Morgan fingerprint density at radius 1 is 1.00 bits per heavy atom. The molecule has 17 heavy (non-hydrogen) atoms. The molecule has 0 unspecified atom stereocenters. The first-order chi connectivity index (χ1) is 8.25. The van der Waals surface area contributed by atoms with Crippen LogP contribution in [0, 0.1) is 0 Å². The van der Waals surface area contributed by atoms with Gasteiger partial charge < -0.3 is 0 Å². The monoisotopic (exact) mass is 450 g/mol. The van der Waals surface area contributed by atoms with Crippen molar-refractivity contribution in [3.8, 4) is 0 Å². The Balaban J connectivity index is 1.96. The van der Waals surface area contributed by atoms with E-state index < -0.39 is 23.1 Å². The van der Waals surface area contributed by atoms with Crippen LogP contribution in [0.3, 0.4) is 0 Å². The van der Waals surface area contributed by atoms with Crippen molar-refractivity contribution >= 4 is 28.0 Å². The molecule has 2 aromatic carbocycles. The van der Waals surface area contributed by atoms with E-state index in [1.165, 1.54) is 11.3 Å². The normalized spacial score (nSPS) is 9.71. The molecule has 82 valence electrons. The van der Waals surface area contributed by atoms with Crippen LogP contribution in [0.1, 0.15) is 10.4 Å². The first-order valence-electron chi connectivity index (χ1n) is 5.22. The summed E-state index contributed by atoms with van der Waals surface area (Å²) < 4.78 is 1.37. The summed E-state index contributed by atoms with van der Waals surface area (Å²) in [6.07, 6.45) is 0. The molecule has 2 aromatic rings. The van der Waals surface area contributed by atoms with E-state index in [2.05, 4.69) is 12.1 Å². The average Bonchev–Trinajstić information content (AvgIpc) is 2.38. The fourth-order valence-electron chi connectivity index (χ4n) is 1.39. The van der Waals surface area contributed by atoms with Crippen molar-refractivity contribution in [2.75, 3.05) is 0 Å². The van der Waals surface area contributed by atoms with Gasteiger partial charge in [-0.2, -0.15) is 0 Å². The molecule has 0 spiro atoms. The molecule has 2 rings (SSSR count). The predicted octanol–water partition coefficient (Wildman–Crippen LogP) is 3.54. The Kier molecular flexibility index (Phi) is 5.07. The van der Waals surface area contributed by atoms with Crippen LogP contribution in [0.4, 0.5) is 0 Å². The Morgan fingerprint density at radius 3 is 2.29 bits per heavy atom. The van der Waals surface area contributed by atoms with Crippen LogP contribution in [0.2, 0.25) is 5.02 Å². The predicted molar refractivity (Wildman–Crippen MR) is 69.4 cm³/mol. The summed E-state index contributed by atoms with van der Waals surface area (Å²) in [5.74, 6) is 0. The summed E-state index contributed by atoms with van der Waals surface area (Å²) >= 11 is 4.44. The third kappa shape index (κ3) is 4.13. The van der Waals surface area contributed by atoms with Crippen molar-refractivity contribution in [2.45, 2.75) is 0 Å². The third-order valence-corrected chi connectivity index (χ3v) is 14.0. The SMILES string of the molecule is O=C([S][Hg][c]1ccccc1)c1ccc(Cl)cc1. The van der Waals surface area contributed by atoms with E-state index in [0.29, 0.717) is 5.02 Å². The molecule has 0 aromatic heterocycles. The van der Waals surface area contributed by atoms with Gasteiger partial charge in [0.25, 0.3) is 0 Å². The van der Waals surface area contributed by atoms with Gasteiger partial charge in [-0.15, -0.1) is 0 Å². The summed E-state index contributed by atoms with van der Waals surface area (Å²) in [5.41, 5.74) is 0.746. The van der Waals surface area contributed by atoms with Crippen LogP contribution in [0.25, 0.3) is 0 Å². The number of hydrogen-bond donors (Lipinski definition) is 0. The average molecular weight is 449 g/mol. The second-order valence-corrected chi connectivity index (χ2v) is 14.9. The van der Waals surface area contributed by atoms with Crippen molar-refractivity contribution in [1.82, 2.24) is 0 Å². The molecule has 1 nitrogen and oxygen atoms in total. The Morgan fingerprint density at radius 2 is 1.65 bits per heavy atom. The maximum atomic E-state index is 11.9. The van der Waals surface area contributed by atoms with Gasteiger partial charge in [-0.1, -0.05) is 0 Å². The zero-order valence-corrected chi connectivity index (χ0v) is 16.2. The molecule has 0 fully saturated rings. The van der Waals surface area contributed by atoms with Crippen LogP contribution in [0.15, 0.2) is 54.6 Å². The number of hydrogen-bond acceptors (Lipinski definition) is 2. The molecule has 0 amide bonds.